The van der Waals surface area contributed by atoms with E-state index in [4.69, 9.17) is 0 Å². The van der Waals surface area contributed by atoms with Crippen LogP contribution in [0.15, 0.2) is 36.7 Å². The third kappa shape index (κ3) is 2.97. The van der Waals surface area contributed by atoms with E-state index in [-0.39, 0.29) is 18.3 Å². The Morgan fingerprint density at radius 3 is 2.45 bits per heavy atom. The molecule has 20 heavy (non-hydrogen) atoms. The van der Waals surface area contributed by atoms with Gasteiger partial charge in [0.15, 0.2) is 0 Å². The van der Waals surface area contributed by atoms with Crippen molar-refractivity contribution in [3.8, 4) is 5.69 Å². The van der Waals surface area contributed by atoms with Crippen LogP contribution in [0, 0.1) is 0 Å². The van der Waals surface area contributed by atoms with Crippen molar-refractivity contribution in [3.05, 3.63) is 42.2 Å². The number of piperazine rings is 1. The minimum Gasteiger partial charge on any atom is -0.336 e. The lowest BCUT2D eigenvalue weighted by atomic mass is 10.1. The molecule has 1 saturated heterocycles. The third-order valence-corrected chi connectivity index (χ3v) is 3.21. The van der Waals surface area contributed by atoms with Crippen LogP contribution >= 0.6 is 12.4 Å². The first-order valence-corrected chi connectivity index (χ1v) is 6.31. The van der Waals surface area contributed by atoms with Gasteiger partial charge in [-0.3, -0.25) is 4.79 Å². The molecule has 2 aromatic rings. The predicted molar refractivity (Wildman–Crippen MR) is 77.4 cm³/mol. The van der Waals surface area contributed by atoms with E-state index in [1.807, 2.05) is 29.2 Å². The molecule has 1 aromatic heterocycles. The highest BCUT2D eigenvalue weighted by atomic mass is 35.5. The van der Waals surface area contributed by atoms with Crippen molar-refractivity contribution in [1.29, 1.82) is 0 Å². The largest absolute Gasteiger partial charge is 0.336 e. The van der Waals surface area contributed by atoms with E-state index in [9.17, 15) is 4.79 Å². The van der Waals surface area contributed by atoms with Crippen LogP contribution in [0.2, 0.25) is 0 Å². The number of benzene rings is 1. The van der Waals surface area contributed by atoms with E-state index in [2.05, 4.69) is 15.6 Å². The highest BCUT2D eigenvalue weighted by molar-refractivity contribution is 5.94. The fraction of sp³-hybridized carbons (Fsp3) is 0.308. The molecule has 0 spiro atoms. The summed E-state index contributed by atoms with van der Waals surface area (Å²) in [6.07, 6.45) is 3.40. The van der Waals surface area contributed by atoms with E-state index in [0.717, 1.165) is 31.9 Å². The van der Waals surface area contributed by atoms with Crippen LogP contribution in [0.5, 0.6) is 0 Å². The third-order valence-electron chi connectivity index (χ3n) is 3.21. The molecule has 7 heteroatoms. The minimum atomic E-state index is 0. The molecular formula is C13H16ClN5O. The standard InChI is InChI=1S/C13H15N5O.ClH/c19-13(17-8-5-14-6-9-17)11-1-3-12(4-2-11)18-10-7-15-16-18;/h1-4,7,10,14H,5-6,8-9H2;1H. The summed E-state index contributed by atoms with van der Waals surface area (Å²) >= 11 is 0. The Kier molecular flexibility index (Phi) is 4.70. The predicted octanol–water partition coefficient (Wildman–Crippen LogP) is 0.734. The molecule has 1 aromatic carbocycles. The summed E-state index contributed by atoms with van der Waals surface area (Å²) in [5, 5.41) is 10.9. The summed E-state index contributed by atoms with van der Waals surface area (Å²) in [6.45, 7) is 3.26. The van der Waals surface area contributed by atoms with E-state index in [1.165, 1.54) is 0 Å². The van der Waals surface area contributed by atoms with Gasteiger partial charge in [0.2, 0.25) is 0 Å². The maximum absolute atomic E-state index is 12.3. The van der Waals surface area contributed by atoms with Crippen LogP contribution in [-0.4, -0.2) is 52.0 Å². The van der Waals surface area contributed by atoms with Gasteiger partial charge in [-0.25, -0.2) is 4.68 Å². The van der Waals surface area contributed by atoms with Gasteiger partial charge in [-0.1, -0.05) is 5.21 Å². The van der Waals surface area contributed by atoms with Crippen LogP contribution in [-0.2, 0) is 0 Å². The quantitative estimate of drug-likeness (QED) is 0.887. The average molecular weight is 294 g/mol. The molecule has 0 atom stereocenters. The Morgan fingerprint density at radius 1 is 1.15 bits per heavy atom. The molecule has 1 aliphatic heterocycles. The molecule has 0 aliphatic carbocycles. The first kappa shape index (κ1) is 14.5. The van der Waals surface area contributed by atoms with Crippen molar-refractivity contribution in [2.75, 3.05) is 26.2 Å². The number of carbonyl (C=O) groups is 1. The number of nitrogens with one attached hydrogen (secondary N) is 1. The number of hydrogen-bond acceptors (Lipinski definition) is 4. The summed E-state index contributed by atoms with van der Waals surface area (Å²) < 4.78 is 1.67. The molecule has 0 saturated carbocycles. The Balaban J connectivity index is 0.00000147. The second-order valence-electron chi connectivity index (χ2n) is 4.44. The van der Waals surface area contributed by atoms with Gasteiger partial charge < -0.3 is 10.2 Å². The van der Waals surface area contributed by atoms with Gasteiger partial charge in [0.25, 0.3) is 5.91 Å². The van der Waals surface area contributed by atoms with Crippen LogP contribution in [0.3, 0.4) is 0 Å². The summed E-state index contributed by atoms with van der Waals surface area (Å²) in [5.41, 5.74) is 1.61. The van der Waals surface area contributed by atoms with Gasteiger partial charge >= 0.3 is 0 Å². The Labute approximate surface area is 123 Å². The first-order valence-electron chi connectivity index (χ1n) is 6.31. The maximum atomic E-state index is 12.3. The number of aromatic nitrogens is 3. The topological polar surface area (TPSA) is 63.1 Å². The molecule has 2 heterocycles. The zero-order valence-corrected chi connectivity index (χ0v) is 11.7. The van der Waals surface area contributed by atoms with Crippen LogP contribution in [0.4, 0.5) is 0 Å². The molecule has 1 aliphatic rings. The van der Waals surface area contributed by atoms with Crippen molar-refractivity contribution in [2.24, 2.45) is 0 Å². The fourth-order valence-electron chi connectivity index (χ4n) is 2.15. The Bertz CT molecular complexity index is 549. The zero-order valence-electron chi connectivity index (χ0n) is 10.9. The van der Waals surface area contributed by atoms with Gasteiger partial charge in [-0.15, -0.1) is 17.5 Å². The van der Waals surface area contributed by atoms with Crippen LogP contribution < -0.4 is 5.32 Å². The van der Waals surface area contributed by atoms with Gasteiger partial charge in [0, 0.05) is 31.7 Å². The fourth-order valence-corrected chi connectivity index (χ4v) is 2.15. The van der Waals surface area contributed by atoms with E-state index in [0.29, 0.717) is 5.56 Å². The van der Waals surface area contributed by atoms with Crippen molar-refractivity contribution in [3.63, 3.8) is 0 Å². The van der Waals surface area contributed by atoms with Crippen LogP contribution in [0.1, 0.15) is 10.4 Å². The molecule has 106 valence electrons. The Morgan fingerprint density at radius 2 is 1.85 bits per heavy atom. The molecule has 6 nitrogen and oxygen atoms in total. The number of carbonyl (C=O) groups excluding carboxylic acids is 1. The lowest BCUT2D eigenvalue weighted by molar-refractivity contribution is 0.0736. The number of rotatable bonds is 2. The smallest absolute Gasteiger partial charge is 0.253 e. The molecule has 0 bridgehead atoms. The molecule has 1 amide bonds. The molecule has 1 fully saturated rings. The van der Waals surface area contributed by atoms with E-state index in [1.54, 1.807) is 17.1 Å². The summed E-state index contributed by atoms with van der Waals surface area (Å²) in [7, 11) is 0. The summed E-state index contributed by atoms with van der Waals surface area (Å²) in [4.78, 5) is 14.1. The van der Waals surface area contributed by atoms with E-state index >= 15 is 0 Å². The van der Waals surface area contributed by atoms with Crippen molar-refractivity contribution in [2.45, 2.75) is 0 Å². The van der Waals surface area contributed by atoms with Gasteiger partial charge in [-0.05, 0) is 24.3 Å². The van der Waals surface area contributed by atoms with Crippen molar-refractivity contribution < 1.29 is 4.79 Å². The highest BCUT2D eigenvalue weighted by Crippen LogP contribution is 2.11. The second kappa shape index (κ2) is 6.49. The summed E-state index contributed by atoms with van der Waals surface area (Å²) in [5.74, 6) is 0.0895. The minimum absolute atomic E-state index is 0. The monoisotopic (exact) mass is 293 g/mol. The number of nitrogens with zero attached hydrogens (tertiary/aromatic N) is 4. The van der Waals surface area contributed by atoms with Crippen LogP contribution in [0.25, 0.3) is 5.69 Å². The van der Waals surface area contributed by atoms with Gasteiger partial charge in [0.1, 0.15) is 0 Å². The number of halogens is 1. The molecule has 0 unspecified atom stereocenters. The first-order chi connectivity index (χ1) is 9.34. The van der Waals surface area contributed by atoms with Gasteiger partial charge in [0.05, 0.1) is 18.1 Å². The van der Waals surface area contributed by atoms with E-state index < -0.39 is 0 Å². The lowest BCUT2D eigenvalue weighted by Crippen LogP contribution is -2.46. The number of amides is 1. The molecule has 3 rings (SSSR count). The SMILES string of the molecule is Cl.O=C(c1ccc(-n2ccnn2)cc1)N1CCNCC1. The normalized spacial score (nSPS) is 14.7. The molecular weight excluding hydrogens is 278 g/mol. The highest BCUT2D eigenvalue weighted by Gasteiger charge is 2.17. The average Bonchev–Trinajstić information content (AvgIpc) is 3.02. The Hall–Kier alpha value is -1.92. The van der Waals surface area contributed by atoms with Gasteiger partial charge in [-0.2, -0.15) is 0 Å². The summed E-state index contributed by atoms with van der Waals surface area (Å²) in [6, 6.07) is 7.43. The maximum Gasteiger partial charge on any atom is 0.253 e. The molecule has 0 radical (unpaired) electrons. The number of hydrogen-bond donors (Lipinski definition) is 1. The molecule has 1 N–H and O–H groups in total. The zero-order chi connectivity index (χ0) is 13.1. The lowest BCUT2D eigenvalue weighted by Gasteiger charge is -2.27. The van der Waals surface area contributed by atoms with Crippen molar-refractivity contribution >= 4 is 18.3 Å². The van der Waals surface area contributed by atoms with Crippen molar-refractivity contribution in [1.82, 2.24) is 25.2 Å². The second-order valence-corrected chi connectivity index (χ2v) is 4.44.